The number of aliphatic hydroxyl groups excluding tert-OH is 1. The summed E-state index contributed by atoms with van der Waals surface area (Å²) < 4.78 is 0. The SMILES string of the molecule is CC(CO)(Nc1ccccc1)c1cc(O)cc(O)c1. The molecule has 4 N–H and O–H groups in total. The number of phenols is 2. The highest BCUT2D eigenvalue weighted by Gasteiger charge is 2.26. The van der Waals surface area contributed by atoms with Crippen LogP contribution in [0.3, 0.4) is 0 Å². The maximum Gasteiger partial charge on any atom is 0.119 e. The van der Waals surface area contributed by atoms with Crippen LogP contribution in [0.2, 0.25) is 0 Å². The van der Waals surface area contributed by atoms with E-state index in [-0.39, 0.29) is 18.1 Å². The van der Waals surface area contributed by atoms with Crippen molar-refractivity contribution in [3.63, 3.8) is 0 Å². The molecule has 2 aromatic rings. The van der Waals surface area contributed by atoms with Crippen molar-refractivity contribution in [2.75, 3.05) is 11.9 Å². The zero-order valence-corrected chi connectivity index (χ0v) is 10.7. The number of para-hydroxylation sites is 1. The third-order valence-electron chi connectivity index (χ3n) is 3.05. The maximum absolute atomic E-state index is 9.66. The lowest BCUT2D eigenvalue weighted by Crippen LogP contribution is -2.35. The van der Waals surface area contributed by atoms with Crippen molar-refractivity contribution < 1.29 is 15.3 Å². The first kappa shape index (κ1) is 13.2. The Bertz CT molecular complexity index is 536. The number of rotatable bonds is 4. The van der Waals surface area contributed by atoms with Crippen molar-refractivity contribution in [2.45, 2.75) is 12.5 Å². The van der Waals surface area contributed by atoms with Gasteiger partial charge in [0.2, 0.25) is 0 Å². The number of aliphatic hydroxyl groups is 1. The van der Waals surface area contributed by atoms with Crippen LogP contribution in [-0.2, 0) is 5.54 Å². The quantitative estimate of drug-likeness (QED) is 0.680. The van der Waals surface area contributed by atoms with Crippen LogP contribution in [0, 0.1) is 0 Å². The molecule has 2 aromatic carbocycles. The van der Waals surface area contributed by atoms with Crippen molar-refractivity contribution in [2.24, 2.45) is 0 Å². The number of nitrogens with one attached hydrogen (secondary N) is 1. The van der Waals surface area contributed by atoms with Crippen molar-refractivity contribution in [3.05, 3.63) is 54.1 Å². The normalized spacial score (nSPS) is 13.8. The van der Waals surface area contributed by atoms with Gasteiger partial charge in [-0.15, -0.1) is 0 Å². The van der Waals surface area contributed by atoms with Gasteiger partial charge in [-0.05, 0) is 36.8 Å². The third-order valence-corrected chi connectivity index (χ3v) is 3.05. The summed E-state index contributed by atoms with van der Waals surface area (Å²) in [7, 11) is 0. The average Bonchev–Trinajstić information content (AvgIpc) is 2.38. The molecule has 0 aliphatic rings. The Labute approximate surface area is 112 Å². The van der Waals surface area contributed by atoms with E-state index >= 15 is 0 Å². The van der Waals surface area contributed by atoms with Gasteiger partial charge in [-0.1, -0.05) is 18.2 Å². The second-order valence-corrected chi connectivity index (χ2v) is 4.72. The summed E-state index contributed by atoms with van der Waals surface area (Å²) in [6, 6.07) is 13.7. The third kappa shape index (κ3) is 2.98. The second kappa shape index (κ2) is 5.20. The van der Waals surface area contributed by atoms with E-state index in [9.17, 15) is 15.3 Å². The first-order chi connectivity index (χ1) is 9.03. The molecule has 1 atom stereocenters. The minimum Gasteiger partial charge on any atom is -0.508 e. The molecule has 0 aromatic heterocycles. The van der Waals surface area contributed by atoms with Gasteiger partial charge in [-0.2, -0.15) is 0 Å². The fourth-order valence-electron chi connectivity index (χ4n) is 1.96. The van der Waals surface area contributed by atoms with Crippen LogP contribution in [0.25, 0.3) is 0 Å². The van der Waals surface area contributed by atoms with E-state index in [0.717, 1.165) is 5.69 Å². The average molecular weight is 259 g/mol. The summed E-state index contributed by atoms with van der Waals surface area (Å²) in [5.41, 5.74) is 0.663. The zero-order chi connectivity index (χ0) is 13.9. The van der Waals surface area contributed by atoms with Crippen LogP contribution < -0.4 is 5.32 Å². The summed E-state index contributed by atoms with van der Waals surface area (Å²) in [5.74, 6) is -0.0749. The molecule has 100 valence electrons. The molecule has 0 radical (unpaired) electrons. The van der Waals surface area contributed by atoms with E-state index in [1.54, 1.807) is 6.92 Å². The molecule has 0 spiro atoms. The van der Waals surface area contributed by atoms with E-state index in [4.69, 9.17) is 0 Å². The highest BCUT2D eigenvalue weighted by Crippen LogP contribution is 2.31. The molecule has 0 saturated carbocycles. The topological polar surface area (TPSA) is 72.7 Å². The van der Waals surface area contributed by atoms with E-state index < -0.39 is 5.54 Å². The highest BCUT2D eigenvalue weighted by atomic mass is 16.3. The fourth-order valence-corrected chi connectivity index (χ4v) is 1.96. The molecular formula is C15H17NO3. The highest BCUT2D eigenvalue weighted by molar-refractivity contribution is 5.49. The minimum absolute atomic E-state index is 0.0375. The van der Waals surface area contributed by atoms with Crippen LogP contribution in [0.1, 0.15) is 12.5 Å². The predicted octanol–water partition coefficient (Wildman–Crippen LogP) is 2.42. The maximum atomic E-state index is 9.66. The summed E-state index contributed by atoms with van der Waals surface area (Å²) >= 11 is 0. The lowest BCUT2D eigenvalue weighted by molar-refractivity contribution is 0.223. The molecule has 0 bridgehead atoms. The lowest BCUT2D eigenvalue weighted by atomic mass is 9.92. The smallest absolute Gasteiger partial charge is 0.119 e. The predicted molar refractivity (Wildman–Crippen MR) is 74.3 cm³/mol. The Morgan fingerprint density at radius 2 is 1.58 bits per heavy atom. The lowest BCUT2D eigenvalue weighted by Gasteiger charge is -2.30. The Hall–Kier alpha value is -2.20. The van der Waals surface area contributed by atoms with E-state index in [2.05, 4.69) is 5.32 Å². The molecule has 4 heteroatoms. The van der Waals surface area contributed by atoms with Crippen LogP contribution in [0.5, 0.6) is 11.5 Å². The fraction of sp³-hybridized carbons (Fsp3) is 0.200. The molecule has 4 nitrogen and oxygen atoms in total. The molecule has 0 amide bonds. The summed E-state index contributed by atoms with van der Waals surface area (Å²) in [4.78, 5) is 0. The molecule has 1 unspecified atom stereocenters. The van der Waals surface area contributed by atoms with Gasteiger partial charge in [-0.25, -0.2) is 0 Å². The molecule has 0 heterocycles. The van der Waals surface area contributed by atoms with Gasteiger partial charge in [0.05, 0.1) is 12.1 Å². The Morgan fingerprint density at radius 1 is 1.00 bits per heavy atom. The van der Waals surface area contributed by atoms with Gasteiger partial charge >= 0.3 is 0 Å². The molecule has 0 aliphatic carbocycles. The molecule has 19 heavy (non-hydrogen) atoms. The molecule has 0 saturated heterocycles. The number of hydrogen-bond donors (Lipinski definition) is 4. The summed E-state index contributed by atoms with van der Waals surface area (Å²) in [6.45, 7) is 1.62. The van der Waals surface area contributed by atoms with Crippen LogP contribution in [-0.4, -0.2) is 21.9 Å². The largest absolute Gasteiger partial charge is 0.508 e. The Kier molecular flexibility index (Phi) is 3.62. The van der Waals surface area contributed by atoms with E-state index in [1.807, 2.05) is 30.3 Å². The molecule has 2 rings (SSSR count). The summed E-state index contributed by atoms with van der Waals surface area (Å²) in [5, 5.41) is 32.0. The minimum atomic E-state index is -0.794. The van der Waals surface area contributed by atoms with Gasteiger partial charge in [0.25, 0.3) is 0 Å². The number of anilines is 1. The van der Waals surface area contributed by atoms with Crippen LogP contribution in [0.4, 0.5) is 5.69 Å². The van der Waals surface area contributed by atoms with E-state index in [1.165, 1.54) is 18.2 Å². The van der Waals surface area contributed by atoms with Crippen molar-refractivity contribution in [1.29, 1.82) is 0 Å². The van der Waals surface area contributed by atoms with Crippen molar-refractivity contribution in [3.8, 4) is 11.5 Å². The van der Waals surface area contributed by atoms with Gasteiger partial charge in [0, 0.05) is 11.8 Å². The van der Waals surface area contributed by atoms with Gasteiger partial charge in [0.15, 0.2) is 0 Å². The Morgan fingerprint density at radius 3 is 2.11 bits per heavy atom. The van der Waals surface area contributed by atoms with Gasteiger partial charge in [0.1, 0.15) is 11.5 Å². The number of hydrogen-bond acceptors (Lipinski definition) is 4. The van der Waals surface area contributed by atoms with Crippen molar-refractivity contribution >= 4 is 5.69 Å². The number of phenolic OH excluding ortho intramolecular Hbond substituents is 2. The zero-order valence-electron chi connectivity index (χ0n) is 10.7. The van der Waals surface area contributed by atoms with Gasteiger partial charge in [-0.3, -0.25) is 0 Å². The van der Waals surface area contributed by atoms with Gasteiger partial charge < -0.3 is 20.6 Å². The second-order valence-electron chi connectivity index (χ2n) is 4.72. The first-order valence-electron chi connectivity index (χ1n) is 6.01. The first-order valence-corrected chi connectivity index (χ1v) is 6.01. The summed E-state index contributed by atoms with van der Waals surface area (Å²) in [6.07, 6.45) is 0. The monoisotopic (exact) mass is 259 g/mol. The molecular weight excluding hydrogens is 242 g/mol. The van der Waals surface area contributed by atoms with Crippen LogP contribution in [0.15, 0.2) is 48.5 Å². The number of aromatic hydroxyl groups is 2. The number of benzene rings is 2. The van der Waals surface area contributed by atoms with Crippen LogP contribution >= 0.6 is 0 Å². The van der Waals surface area contributed by atoms with Crippen molar-refractivity contribution in [1.82, 2.24) is 0 Å². The standard InChI is InChI=1S/C15H17NO3/c1-15(10-17,16-12-5-3-2-4-6-12)11-7-13(18)9-14(19)8-11/h2-9,16-19H,10H2,1H3. The van der Waals surface area contributed by atoms with E-state index in [0.29, 0.717) is 5.56 Å². The molecule has 0 aliphatic heterocycles. The molecule has 0 fully saturated rings. The Balaban J connectivity index is 2.36.